The van der Waals surface area contributed by atoms with E-state index in [9.17, 15) is 0 Å². The summed E-state index contributed by atoms with van der Waals surface area (Å²) in [6.07, 6.45) is 1.85. The maximum Gasteiger partial charge on any atom is 0.226 e. The van der Waals surface area contributed by atoms with Crippen LogP contribution in [0.25, 0.3) is 22.5 Å². The van der Waals surface area contributed by atoms with Crippen LogP contribution in [0.4, 0.5) is 0 Å². The standard InChI is InChI=1S/C18H15N3O/c1-13-16(20-18(22-13)14-7-3-2-4-8-14)11-21-12-19-15-9-5-6-10-17(15)21/h2-10,12H,11H2,1H3. The Bertz CT molecular complexity index is 922. The fourth-order valence-corrected chi connectivity index (χ4v) is 2.58. The molecule has 2 aromatic heterocycles. The predicted octanol–water partition coefficient (Wildman–Crippen LogP) is 4.05. The molecule has 0 bridgehead atoms. The number of hydrogen-bond acceptors (Lipinski definition) is 3. The summed E-state index contributed by atoms with van der Waals surface area (Å²) in [5, 5.41) is 0. The van der Waals surface area contributed by atoms with Gasteiger partial charge in [-0.15, -0.1) is 0 Å². The van der Waals surface area contributed by atoms with Gasteiger partial charge >= 0.3 is 0 Å². The van der Waals surface area contributed by atoms with Gasteiger partial charge in [-0.1, -0.05) is 30.3 Å². The molecule has 0 spiro atoms. The van der Waals surface area contributed by atoms with Gasteiger partial charge < -0.3 is 8.98 Å². The largest absolute Gasteiger partial charge is 0.441 e. The zero-order valence-corrected chi connectivity index (χ0v) is 12.2. The SMILES string of the molecule is Cc1oc(-c2ccccc2)nc1Cn1cnc2ccccc21. The molecule has 0 aliphatic heterocycles. The molecule has 4 aromatic rings. The predicted molar refractivity (Wildman–Crippen MR) is 85.5 cm³/mol. The summed E-state index contributed by atoms with van der Waals surface area (Å²) in [6.45, 7) is 2.61. The fraction of sp³-hybridized carbons (Fsp3) is 0.111. The van der Waals surface area contributed by atoms with Crippen molar-refractivity contribution in [1.29, 1.82) is 0 Å². The molecule has 4 heteroatoms. The third kappa shape index (κ3) is 2.19. The number of nitrogens with zero attached hydrogens (tertiary/aromatic N) is 3. The van der Waals surface area contributed by atoms with E-state index in [2.05, 4.69) is 20.6 Å². The number of rotatable bonds is 3. The molecule has 108 valence electrons. The van der Waals surface area contributed by atoms with Crippen LogP contribution in [0.1, 0.15) is 11.5 Å². The number of aryl methyl sites for hydroxylation is 1. The molecule has 0 radical (unpaired) electrons. The van der Waals surface area contributed by atoms with Crippen LogP contribution >= 0.6 is 0 Å². The zero-order valence-electron chi connectivity index (χ0n) is 12.2. The second-order valence-electron chi connectivity index (χ2n) is 5.25. The Morgan fingerprint density at radius 3 is 2.64 bits per heavy atom. The Morgan fingerprint density at radius 2 is 1.77 bits per heavy atom. The first-order chi connectivity index (χ1) is 10.8. The van der Waals surface area contributed by atoms with Crippen molar-refractivity contribution in [3.63, 3.8) is 0 Å². The van der Waals surface area contributed by atoms with Crippen LogP contribution in [0.2, 0.25) is 0 Å². The topological polar surface area (TPSA) is 43.9 Å². The minimum Gasteiger partial charge on any atom is -0.441 e. The second-order valence-corrected chi connectivity index (χ2v) is 5.25. The summed E-state index contributed by atoms with van der Waals surface area (Å²) in [5.74, 6) is 1.51. The van der Waals surface area contributed by atoms with Gasteiger partial charge in [0.2, 0.25) is 5.89 Å². The van der Waals surface area contributed by atoms with Crippen LogP contribution in [0.15, 0.2) is 65.3 Å². The van der Waals surface area contributed by atoms with Gasteiger partial charge in [0.1, 0.15) is 11.5 Å². The van der Waals surface area contributed by atoms with E-state index < -0.39 is 0 Å². The molecule has 0 amide bonds. The number of imidazole rings is 1. The van der Waals surface area contributed by atoms with Gasteiger partial charge in [-0.05, 0) is 31.2 Å². The monoisotopic (exact) mass is 289 g/mol. The van der Waals surface area contributed by atoms with Gasteiger partial charge in [0, 0.05) is 5.56 Å². The van der Waals surface area contributed by atoms with E-state index in [1.165, 1.54) is 0 Å². The lowest BCUT2D eigenvalue weighted by atomic mass is 10.2. The molecular formula is C18H15N3O. The molecule has 4 rings (SSSR count). The summed E-state index contributed by atoms with van der Waals surface area (Å²) in [7, 11) is 0. The van der Waals surface area contributed by atoms with E-state index in [1.54, 1.807) is 0 Å². The van der Waals surface area contributed by atoms with E-state index in [0.29, 0.717) is 12.4 Å². The Kier molecular flexibility index (Phi) is 3.00. The molecule has 0 saturated heterocycles. The summed E-state index contributed by atoms with van der Waals surface area (Å²) in [6, 6.07) is 18.0. The number of benzene rings is 2. The zero-order chi connectivity index (χ0) is 14.9. The van der Waals surface area contributed by atoms with Crippen LogP contribution in [-0.4, -0.2) is 14.5 Å². The van der Waals surface area contributed by atoms with Gasteiger partial charge in [-0.3, -0.25) is 0 Å². The average molecular weight is 289 g/mol. The Morgan fingerprint density at radius 1 is 1.00 bits per heavy atom. The summed E-state index contributed by atoms with van der Waals surface area (Å²) < 4.78 is 7.91. The highest BCUT2D eigenvalue weighted by Crippen LogP contribution is 2.23. The van der Waals surface area contributed by atoms with Gasteiger partial charge in [-0.25, -0.2) is 9.97 Å². The first kappa shape index (κ1) is 12.8. The molecule has 0 atom stereocenters. The molecule has 0 fully saturated rings. The van der Waals surface area contributed by atoms with Crippen molar-refractivity contribution in [3.05, 3.63) is 72.4 Å². The highest BCUT2D eigenvalue weighted by molar-refractivity contribution is 5.75. The van der Waals surface area contributed by atoms with Gasteiger partial charge in [-0.2, -0.15) is 0 Å². The van der Waals surface area contributed by atoms with Crippen molar-refractivity contribution >= 4 is 11.0 Å². The summed E-state index contributed by atoms with van der Waals surface area (Å²) in [5.41, 5.74) is 4.02. The molecule has 2 heterocycles. The second kappa shape index (κ2) is 5.15. The van der Waals surface area contributed by atoms with E-state index in [-0.39, 0.29) is 0 Å². The van der Waals surface area contributed by atoms with Gasteiger partial charge in [0.05, 0.1) is 23.9 Å². The first-order valence-corrected chi connectivity index (χ1v) is 7.23. The maximum atomic E-state index is 5.82. The van der Waals surface area contributed by atoms with Crippen LogP contribution in [0, 0.1) is 6.92 Å². The average Bonchev–Trinajstić information content (AvgIpc) is 3.13. The Labute approximate surface area is 128 Å². The number of hydrogen-bond donors (Lipinski definition) is 0. The number of oxazole rings is 1. The molecule has 0 aliphatic rings. The smallest absolute Gasteiger partial charge is 0.226 e. The number of aromatic nitrogens is 3. The van der Waals surface area contributed by atoms with E-state index in [0.717, 1.165) is 28.1 Å². The quantitative estimate of drug-likeness (QED) is 0.571. The highest BCUT2D eigenvalue weighted by Gasteiger charge is 2.12. The van der Waals surface area contributed by atoms with Crippen molar-refractivity contribution < 1.29 is 4.42 Å². The highest BCUT2D eigenvalue weighted by atomic mass is 16.4. The lowest BCUT2D eigenvalue weighted by Gasteiger charge is -2.01. The molecule has 0 unspecified atom stereocenters. The molecule has 0 saturated carbocycles. The van der Waals surface area contributed by atoms with Crippen LogP contribution in [0.3, 0.4) is 0 Å². The normalized spacial score (nSPS) is 11.1. The molecule has 0 N–H and O–H groups in total. The minimum atomic E-state index is 0.655. The first-order valence-electron chi connectivity index (χ1n) is 7.23. The van der Waals surface area contributed by atoms with Crippen LogP contribution < -0.4 is 0 Å². The van der Waals surface area contributed by atoms with Crippen molar-refractivity contribution in [3.8, 4) is 11.5 Å². The lowest BCUT2D eigenvalue weighted by molar-refractivity contribution is 0.538. The molecule has 22 heavy (non-hydrogen) atoms. The summed E-state index contributed by atoms with van der Waals surface area (Å²) >= 11 is 0. The Balaban J connectivity index is 1.70. The van der Waals surface area contributed by atoms with Crippen molar-refractivity contribution in [2.75, 3.05) is 0 Å². The van der Waals surface area contributed by atoms with Crippen LogP contribution in [-0.2, 0) is 6.54 Å². The van der Waals surface area contributed by atoms with Crippen molar-refractivity contribution in [1.82, 2.24) is 14.5 Å². The molecule has 4 nitrogen and oxygen atoms in total. The molecule has 2 aromatic carbocycles. The van der Waals surface area contributed by atoms with Crippen molar-refractivity contribution in [2.45, 2.75) is 13.5 Å². The minimum absolute atomic E-state index is 0.655. The van der Waals surface area contributed by atoms with Crippen LogP contribution in [0.5, 0.6) is 0 Å². The van der Waals surface area contributed by atoms with Gasteiger partial charge in [0.25, 0.3) is 0 Å². The van der Waals surface area contributed by atoms with Crippen molar-refractivity contribution in [2.24, 2.45) is 0 Å². The van der Waals surface area contributed by atoms with E-state index >= 15 is 0 Å². The summed E-state index contributed by atoms with van der Waals surface area (Å²) in [4.78, 5) is 9.06. The van der Waals surface area contributed by atoms with E-state index in [1.807, 2.05) is 61.8 Å². The molecule has 0 aliphatic carbocycles. The molecular weight excluding hydrogens is 274 g/mol. The third-order valence-electron chi connectivity index (χ3n) is 3.76. The van der Waals surface area contributed by atoms with Gasteiger partial charge in [0.15, 0.2) is 0 Å². The lowest BCUT2D eigenvalue weighted by Crippen LogP contribution is -1.99. The maximum absolute atomic E-state index is 5.82. The number of fused-ring (bicyclic) bond motifs is 1. The number of para-hydroxylation sites is 2. The third-order valence-corrected chi connectivity index (χ3v) is 3.76. The fourth-order valence-electron chi connectivity index (χ4n) is 2.58. The van der Waals surface area contributed by atoms with E-state index in [4.69, 9.17) is 4.42 Å². The Hall–Kier alpha value is -2.88.